The minimum Gasteiger partial charge on any atom is -0.385 e. The summed E-state index contributed by atoms with van der Waals surface area (Å²) in [6, 6.07) is 8.34. The lowest BCUT2D eigenvalue weighted by Crippen LogP contribution is -2.06. The van der Waals surface area contributed by atoms with Crippen LogP contribution in [0.15, 0.2) is 36.7 Å². The number of hydrogen-bond acceptors (Lipinski definition) is 3. The number of nitrogens with zero attached hydrogens (tertiary/aromatic N) is 2. The van der Waals surface area contributed by atoms with E-state index in [0.29, 0.717) is 0 Å². The van der Waals surface area contributed by atoms with Crippen LogP contribution in [0.4, 0.5) is 11.6 Å². The van der Waals surface area contributed by atoms with Crippen molar-refractivity contribution < 1.29 is 4.74 Å². The van der Waals surface area contributed by atoms with Crippen molar-refractivity contribution in [2.45, 2.75) is 26.3 Å². The summed E-state index contributed by atoms with van der Waals surface area (Å²) in [6.45, 7) is 3.83. The molecule has 4 nitrogen and oxygen atoms in total. The molecule has 0 amide bonds. The van der Waals surface area contributed by atoms with Crippen molar-refractivity contribution in [3.05, 3.63) is 42.2 Å². The molecule has 1 aromatic heterocycles. The number of rotatable bonds is 7. The molecule has 0 saturated carbocycles. The number of anilines is 2. The molecule has 0 radical (unpaired) electrons. The van der Waals surface area contributed by atoms with Crippen molar-refractivity contribution >= 4 is 11.6 Å². The minimum absolute atomic E-state index is 0.767. The number of aromatic nitrogens is 2. The van der Waals surface area contributed by atoms with Crippen LogP contribution in [0, 0.1) is 0 Å². The second-order valence-corrected chi connectivity index (χ2v) is 4.43. The molecule has 0 spiro atoms. The molecule has 102 valence electrons. The fourth-order valence-electron chi connectivity index (χ4n) is 2.06. The normalized spacial score (nSPS) is 10.6. The summed E-state index contributed by atoms with van der Waals surface area (Å²) in [7, 11) is 1.73. The first-order valence-corrected chi connectivity index (χ1v) is 6.70. The zero-order valence-electron chi connectivity index (χ0n) is 11.6. The first-order chi connectivity index (χ1) is 9.35. The van der Waals surface area contributed by atoms with E-state index in [-0.39, 0.29) is 0 Å². The van der Waals surface area contributed by atoms with Crippen molar-refractivity contribution in [3.63, 3.8) is 0 Å². The van der Waals surface area contributed by atoms with E-state index in [2.05, 4.69) is 40.0 Å². The van der Waals surface area contributed by atoms with Gasteiger partial charge < -0.3 is 14.6 Å². The van der Waals surface area contributed by atoms with E-state index < -0.39 is 0 Å². The third-order valence-corrected chi connectivity index (χ3v) is 3.11. The molecule has 0 atom stereocenters. The number of para-hydroxylation sites is 1. The molecule has 0 bridgehead atoms. The van der Waals surface area contributed by atoms with E-state index in [1.54, 1.807) is 7.11 Å². The predicted molar refractivity (Wildman–Crippen MR) is 77.8 cm³/mol. The van der Waals surface area contributed by atoms with E-state index >= 15 is 0 Å². The van der Waals surface area contributed by atoms with Crippen LogP contribution in [0.25, 0.3) is 0 Å². The summed E-state index contributed by atoms with van der Waals surface area (Å²) in [4.78, 5) is 4.38. The third-order valence-electron chi connectivity index (χ3n) is 3.11. The van der Waals surface area contributed by atoms with Crippen LogP contribution < -0.4 is 5.32 Å². The predicted octanol–water partition coefficient (Wildman–Crippen LogP) is 3.23. The molecule has 0 unspecified atom stereocenters. The average Bonchev–Trinajstić information content (AvgIpc) is 2.87. The van der Waals surface area contributed by atoms with Crippen LogP contribution in [0.2, 0.25) is 0 Å². The van der Waals surface area contributed by atoms with Gasteiger partial charge in [-0.2, -0.15) is 0 Å². The summed E-state index contributed by atoms with van der Waals surface area (Å²) < 4.78 is 7.20. The molecule has 0 fully saturated rings. The molecule has 2 rings (SSSR count). The number of ether oxygens (including phenoxy) is 1. The van der Waals surface area contributed by atoms with Crippen molar-refractivity contribution in [3.8, 4) is 0 Å². The minimum atomic E-state index is 0.767. The molecule has 1 aromatic carbocycles. The number of imidazole rings is 1. The molecule has 19 heavy (non-hydrogen) atoms. The Balaban J connectivity index is 2.08. The topological polar surface area (TPSA) is 39.1 Å². The van der Waals surface area contributed by atoms with Gasteiger partial charge in [-0.3, -0.25) is 0 Å². The Bertz CT molecular complexity index is 508. The number of nitrogens with one attached hydrogen (secondary N) is 1. The zero-order chi connectivity index (χ0) is 13.5. The van der Waals surface area contributed by atoms with Gasteiger partial charge in [0.2, 0.25) is 5.95 Å². The summed E-state index contributed by atoms with van der Waals surface area (Å²) in [6.07, 6.45) is 5.81. The second-order valence-electron chi connectivity index (χ2n) is 4.43. The number of aryl methyl sites for hydroxylation is 2. The van der Waals surface area contributed by atoms with Gasteiger partial charge in [0.05, 0.1) is 0 Å². The van der Waals surface area contributed by atoms with Gasteiger partial charge in [-0.25, -0.2) is 4.98 Å². The van der Waals surface area contributed by atoms with E-state index in [1.807, 2.05) is 18.5 Å². The van der Waals surface area contributed by atoms with Crippen LogP contribution in [-0.4, -0.2) is 23.3 Å². The van der Waals surface area contributed by atoms with Gasteiger partial charge >= 0.3 is 0 Å². The highest BCUT2D eigenvalue weighted by molar-refractivity contribution is 5.58. The smallest absolute Gasteiger partial charge is 0.207 e. The number of methoxy groups -OCH3 is 1. The van der Waals surface area contributed by atoms with Crippen molar-refractivity contribution in [2.75, 3.05) is 19.0 Å². The highest BCUT2D eigenvalue weighted by Crippen LogP contribution is 2.20. The van der Waals surface area contributed by atoms with E-state index in [4.69, 9.17) is 4.74 Å². The van der Waals surface area contributed by atoms with E-state index in [1.165, 1.54) is 5.56 Å². The zero-order valence-corrected chi connectivity index (χ0v) is 11.6. The van der Waals surface area contributed by atoms with Crippen LogP contribution in [0.1, 0.15) is 18.9 Å². The summed E-state index contributed by atoms with van der Waals surface area (Å²) in [5.41, 5.74) is 2.43. The quantitative estimate of drug-likeness (QED) is 0.776. The maximum Gasteiger partial charge on any atom is 0.207 e. The summed E-state index contributed by atoms with van der Waals surface area (Å²) >= 11 is 0. The van der Waals surface area contributed by atoms with Gasteiger partial charge in [-0.15, -0.1) is 0 Å². The van der Waals surface area contributed by atoms with Gasteiger partial charge in [0.15, 0.2) is 0 Å². The van der Waals surface area contributed by atoms with E-state index in [9.17, 15) is 0 Å². The van der Waals surface area contributed by atoms with Gasteiger partial charge in [0.25, 0.3) is 0 Å². The lowest BCUT2D eigenvalue weighted by atomic mass is 10.1. The molecule has 2 aromatic rings. The fraction of sp³-hybridized carbons (Fsp3) is 0.400. The molecular weight excluding hydrogens is 238 g/mol. The van der Waals surface area contributed by atoms with Gasteiger partial charge in [0, 0.05) is 38.3 Å². The highest BCUT2D eigenvalue weighted by Gasteiger charge is 2.05. The molecule has 1 heterocycles. The first kappa shape index (κ1) is 13.6. The molecule has 4 heteroatoms. The molecule has 0 saturated heterocycles. The lowest BCUT2D eigenvalue weighted by Gasteiger charge is -2.12. The Morgan fingerprint density at radius 2 is 2.16 bits per heavy atom. The van der Waals surface area contributed by atoms with Crippen LogP contribution in [0.3, 0.4) is 0 Å². The summed E-state index contributed by atoms with van der Waals surface area (Å²) in [5.74, 6) is 0.886. The Labute approximate surface area is 114 Å². The van der Waals surface area contributed by atoms with Crippen molar-refractivity contribution in [1.29, 1.82) is 0 Å². The third kappa shape index (κ3) is 3.58. The number of benzene rings is 1. The first-order valence-electron chi connectivity index (χ1n) is 6.70. The maximum absolute atomic E-state index is 5.08. The van der Waals surface area contributed by atoms with E-state index in [0.717, 1.165) is 37.6 Å². The molecular formula is C15H21N3O. The molecule has 0 aliphatic rings. The van der Waals surface area contributed by atoms with Crippen molar-refractivity contribution in [2.24, 2.45) is 0 Å². The highest BCUT2D eigenvalue weighted by atomic mass is 16.5. The second kappa shape index (κ2) is 6.95. The maximum atomic E-state index is 5.08. The molecule has 1 N–H and O–H groups in total. The Hall–Kier alpha value is -1.81. The fourth-order valence-corrected chi connectivity index (χ4v) is 2.06. The molecule has 0 aliphatic carbocycles. The number of hydrogen-bond donors (Lipinski definition) is 1. The van der Waals surface area contributed by atoms with Gasteiger partial charge in [-0.05, 0) is 24.5 Å². The Morgan fingerprint density at radius 1 is 1.32 bits per heavy atom. The SMILES string of the molecule is CCc1ccccc1Nc1nccn1CCCOC. The monoisotopic (exact) mass is 259 g/mol. The largest absolute Gasteiger partial charge is 0.385 e. The summed E-state index contributed by atoms with van der Waals surface area (Å²) in [5, 5.41) is 3.41. The Morgan fingerprint density at radius 3 is 2.95 bits per heavy atom. The van der Waals surface area contributed by atoms with Gasteiger partial charge in [0.1, 0.15) is 0 Å². The van der Waals surface area contributed by atoms with Crippen molar-refractivity contribution in [1.82, 2.24) is 9.55 Å². The Kier molecular flexibility index (Phi) is 4.98. The van der Waals surface area contributed by atoms with Crippen LogP contribution in [0.5, 0.6) is 0 Å². The van der Waals surface area contributed by atoms with Crippen LogP contribution in [-0.2, 0) is 17.7 Å². The van der Waals surface area contributed by atoms with Crippen LogP contribution >= 0.6 is 0 Å². The average molecular weight is 259 g/mol. The van der Waals surface area contributed by atoms with Gasteiger partial charge in [-0.1, -0.05) is 25.1 Å². The molecule has 0 aliphatic heterocycles. The standard InChI is InChI=1S/C15H21N3O/c1-3-13-7-4-5-8-14(13)17-15-16-9-11-18(15)10-6-12-19-2/h4-5,7-9,11H,3,6,10,12H2,1-2H3,(H,16,17). The lowest BCUT2D eigenvalue weighted by molar-refractivity contribution is 0.190.